The summed E-state index contributed by atoms with van der Waals surface area (Å²) in [7, 11) is 0. The highest BCUT2D eigenvalue weighted by Gasteiger charge is 2.53. The molecule has 2 atom stereocenters. The van der Waals surface area contributed by atoms with Crippen LogP contribution in [0, 0.1) is 0 Å². The standard InChI is InChI=1S/C10H17NO5/c1-3-10(8(12)13)5-7(16-4-2)6-11(10)9(14)15/h7H,3-6H2,1-2H3,(H,12,13)(H,14,15)/t7-,10-/m1/s1. The summed E-state index contributed by atoms with van der Waals surface area (Å²) in [6.45, 7) is 4.07. The molecular weight excluding hydrogens is 214 g/mol. The van der Waals surface area contributed by atoms with Gasteiger partial charge >= 0.3 is 12.1 Å². The number of ether oxygens (including phenoxy) is 1. The average Bonchev–Trinajstić information content (AvgIpc) is 2.58. The maximum Gasteiger partial charge on any atom is 0.408 e. The number of aliphatic carboxylic acids is 1. The number of carboxylic acids is 1. The van der Waals surface area contributed by atoms with E-state index >= 15 is 0 Å². The van der Waals surface area contributed by atoms with Gasteiger partial charge in [-0.15, -0.1) is 0 Å². The minimum absolute atomic E-state index is 0.128. The Labute approximate surface area is 93.8 Å². The zero-order valence-corrected chi connectivity index (χ0v) is 9.47. The fraction of sp³-hybridized carbons (Fsp3) is 0.800. The molecule has 1 amide bonds. The van der Waals surface area contributed by atoms with Crippen LogP contribution in [0.4, 0.5) is 4.79 Å². The first-order valence-corrected chi connectivity index (χ1v) is 5.33. The first kappa shape index (κ1) is 12.8. The molecule has 16 heavy (non-hydrogen) atoms. The van der Waals surface area contributed by atoms with Gasteiger partial charge in [-0.2, -0.15) is 0 Å². The third-order valence-corrected chi connectivity index (χ3v) is 3.08. The highest BCUT2D eigenvalue weighted by atomic mass is 16.5. The second kappa shape index (κ2) is 4.69. The van der Waals surface area contributed by atoms with Crippen LogP contribution in [0.25, 0.3) is 0 Å². The molecule has 0 aromatic heterocycles. The normalized spacial score (nSPS) is 29.4. The van der Waals surface area contributed by atoms with Crippen LogP contribution in [-0.4, -0.2) is 52.0 Å². The highest BCUT2D eigenvalue weighted by Crippen LogP contribution is 2.34. The number of hydrogen-bond donors (Lipinski definition) is 2. The Morgan fingerprint density at radius 2 is 2.06 bits per heavy atom. The van der Waals surface area contributed by atoms with E-state index in [0.29, 0.717) is 6.61 Å². The van der Waals surface area contributed by atoms with Crippen molar-refractivity contribution in [1.82, 2.24) is 4.90 Å². The molecule has 0 radical (unpaired) electrons. The number of hydrogen-bond acceptors (Lipinski definition) is 3. The van der Waals surface area contributed by atoms with Gasteiger partial charge in [-0.1, -0.05) is 6.92 Å². The van der Waals surface area contributed by atoms with E-state index in [-0.39, 0.29) is 25.5 Å². The van der Waals surface area contributed by atoms with Gasteiger partial charge in [-0.25, -0.2) is 9.59 Å². The quantitative estimate of drug-likeness (QED) is 0.754. The molecule has 6 heteroatoms. The molecule has 1 heterocycles. The zero-order valence-electron chi connectivity index (χ0n) is 9.47. The number of amides is 1. The molecule has 0 saturated carbocycles. The summed E-state index contributed by atoms with van der Waals surface area (Å²) in [6, 6.07) is 0. The molecule has 0 aliphatic carbocycles. The predicted molar refractivity (Wildman–Crippen MR) is 55.4 cm³/mol. The van der Waals surface area contributed by atoms with Gasteiger partial charge in [0.1, 0.15) is 5.54 Å². The van der Waals surface area contributed by atoms with Crippen LogP contribution in [0.3, 0.4) is 0 Å². The van der Waals surface area contributed by atoms with Crippen LogP contribution >= 0.6 is 0 Å². The number of nitrogens with zero attached hydrogens (tertiary/aromatic N) is 1. The molecule has 1 fully saturated rings. The molecule has 0 spiro atoms. The fourth-order valence-corrected chi connectivity index (χ4v) is 2.23. The van der Waals surface area contributed by atoms with Crippen molar-refractivity contribution in [2.45, 2.75) is 38.3 Å². The SMILES string of the molecule is CCO[C@H]1CN(C(=O)O)[C@@](CC)(C(=O)O)C1. The van der Waals surface area contributed by atoms with Crippen molar-refractivity contribution in [3.63, 3.8) is 0 Å². The van der Waals surface area contributed by atoms with Gasteiger partial charge < -0.3 is 14.9 Å². The van der Waals surface area contributed by atoms with E-state index in [1.807, 2.05) is 0 Å². The van der Waals surface area contributed by atoms with Crippen LogP contribution in [0.5, 0.6) is 0 Å². The van der Waals surface area contributed by atoms with Crippen molar-refractivity contribution < 1.29 is 24.5 Å². The Bertz CT molecular complexity index is 293. The van der Waals surface area contributed by atoms with E-state index in [9.17, 15) is 14.7 Å². The molecule has 1 rings (SSSR count). The molecule has 1 saturated heterocycles. The smallest absolute Gasteiger partial charge is 0.408 e. The van der Waals surface area contributed by atoms with Crippen LogP contribution in [0.1, 0.15) is 26.7 Å². The molecule has 0 aromatic carbocycles. The summed E-state index contributed by atoms with van der Waals surface area (Å²) in [5.74, 6) is -1.10. The summed E-state index contributed by atoms with van der Waals surface area (Å²) in [4.78, 5) is 23.3. The highest BCUT2D eigenvalue weighted by molar-refractivity contribution is 5.84. The zero-order chi connectivity index (χ0) is 12.3. The second-order valence-corrected chi connectivity index (χ2v) is 3.86. The first-order chi connectivity index (χ1) is 7.47. The maximum absolute atomic E-state index is 11.3. The predicted octanol–water partition coefficient (Wildman–Crippen LogP) is 1.01. The van der Waals surface area contributed by atoms with Gasteiger partial charge in [-0.05, 0) is 13.3 Å². The molecule has 0 aromatic rings. The van der Waals surface area contributed by atoms with Gasteiger partial charge in [0.15, 0.2) is 0 Å². The van der Waals surface area contributed by atoms with Crippen LogP contribution in [0.15, 0.2) is 0 Å². The Kier molecular flexibility index (Phi) is 3.74. The lowest BCUT2D eigenvalue weighted by Crippen LogP contribution is -2.52. The minimum atomic E-state index is -1.33. The van der Waals surface area contributed by atoms with Crippen molar-refractivity contribution >= 4 is 12.1 Å². The van der Waals surface area contributed by atoms with E-state index in [2.05, 4.69) is 0 Å². The molecule has 92 valence electrons. The molecule has 0 unspecified atom stereocenters. The van der Waals surface area contributed by atoms with Gasteiger partial charge in [0.05, 0.1) is 12.6 Å². The summed E-state index contributed by atoms with van der Waals surface area (Å²) in [6.07, 6.45) is -1.06. The Balaban J connectivity index is 2.95. The van der Waals surface area contributed by atoms with Gasteiger partial charge in [0.2, 0.25) is 0 Å². The van der Waals surface area contributed by atoms with E-state index in [4.69, 9.17) is 9.84 Å². The summed E-state index contributed by atoms with van der Waals surface area (Å²) < 4.78 is 5.32. The van der Waals surface area contributed by atoms with Crippen LogP contribution in [-0.2, 0) is 9.53 Å². The van der Waals surface area contributed by atoms with Gasteiger partial charge in [0, 0.05) is 13.0 Å². The fourth-order valence-electron chi connectivity index (χ4n) is 2.23. The van der Waals surface area contributed by atoms with Gasteiger partial charge in [-0.3, -0.25) is 4.90 Å². The number of carboxylic acid groups (broad SMARTS) is 2. The van der Waals surface area contributed by atoms with Crippen molar-refractivity contribution in [1.29, 1.82) is 0 Å². The van der Waals surface area contributed by atoms with Crippen molar-refractivity contribution in [2.24, 2.45) is 0 Å². The number of likely N-dealkylation sites (tertiary alicyclic amines) is 1. The van der Waals surface area contributed by atoms with Gasteiger partial charge in [0.25, 0.3) is 0 Å². The van der Waals surface area contributed by atoms with Crippen LogP contribution in [0.2, 0.25) is 0 Å². The molecular formula is C10H17NO5. The van der Waals surface area contributed by atoms with Crippen molar-refractivity contribution in [3.05, 3.63) is 0 Å². The molecule has 1 aliphatic rings. The Hall–Kier alpha value is -1.30. The lowest BCUT2D eigenvalue weighted by molar-refractivity contribution is -0.149. The Morgan fingerprint density at radius 3 is 2.38 bits per heavy atom. The minimum Gasteiger partial charge on any atom is -0.479 e. The van der Waals surface area contributed by atoms with E-state index in [0.717, 1.165) is 4.90 Å². The molecule has 2 N–H and O–H groups in total. The summed E-state index contributed by atoms with van der Waals surface area (Å²) in [5.41, 5.74) is -1.33. The van der Waals surface area contributed by atoms with Crippen molar-refractivity contribution in [2.75, 3.05) is 13.2 Å². The third kappa shape index (κ3) is 1.97. The monoisotopic (exact) mass is 231 g/mol. The van der Waals surface area contributed by atoms with E-state index in [1.165, 1.54) is 0 Å². The average molecular weight is 231 g/mol. The van der Waals surface area contributed by atoms with Crippen LogP contribution < -0.4 is 0 Å². The maximum atomic E-state index is 11.3. The number of rotatable bonds is 4. The van der Waals surface area contributed by atoms with Crippen molar-refractivity contribution in [3.8, 4) is 0 Å². The third-order valence-electron chi connectivity index (χ3n) is 3.08. The Morgan fingerprint density at radius 1 is 1.44 bits per heavy atom. The topological polar surface area (TPSA) is 87.1 Å². The van der Waals surface area contributed by atoms with E-state index < -0.39 is 17.6 Å². The largest absolute Gasteiger partial charge is 0.479 e. The lowest BCUT2D eigenvalue weighted by atomic mass is 9.92. The molecule has 1 aliphatic heterocycles. The summed E-state index contributed by atoms with van der Waals surface area (Å²) >= 11 is 0. The lowest BCUT2D eigenvalue weighted by Gasteiger charge is -2.30. The molecule has 0 bridgehead atoms. The second-order valence-electron chi connectivity index (χ2n) is 3.86. The summed E-state index contributed by atoms with van der Waals surface area (Å²) in [5, 5.41) is 18.2. The van der Waals surface area contributed by atoms with E-state index in [1.54, 1.807) is 13.8 Å². The molecule has 6 nitrogen and oxygen atoms in total. The number of carbonyl (C=O) groups is 2. The first-order valence-electron chi connectivity index (χ1n) is 5.33.